The summed E-state index contributed by atoms with van der Waals surface area (Å²) in [7, 11) is 0. The van der Waals surface area contributed by atoms with Crippen molar-refractivity contribution in [2.24, 2.45) is 0 Å². The van der Waals surface area contributed by atoms with E-state index >= 15 is 0 Å². The first-order valence-electron chi connectivity index (χ1n) is 6.20. The normalized spacial score (nSPS) is 21.8. The lowest BCUT2D eigenvalue weighted by molar-refractivity contribution is 0.0326. The largest absolute Gasteiger partial charge is 0.361 e. The molecular weight excluding hydrogens is 218 g/mol. The average molecular weight is 235 g/mol. The SMILES string of the molecule is Cc1cc(C(=O)N2CC(N3CCCC3)C2)no1. The van der Waals surface area contributed by atoms with Crippen molar-refractivity contribution in [1.29, 1.82) is 0 Å². The highest BCUT2D eigenvalue weighted by Crippen LogP contribution is 2.21. The predicted molar refractivity (Wildman–Crippen MR) is 61.7 cm³/mol. The van der Waals surface area contributed by atoms with Crippen molar-refractivity contribution in [2.45, 2.75) is 25.8 Å². The number of aryl methyl sites for hydroxylation is 1. The number of hydrogen-bond donors (Lipinski definition) is 0. The van der Waals surface area contributed by atoms with E-state index in [9.17, 15) is 4.79 Å². The molecule has 0 N–H and O–H groups in total. The second-order valence-electron chi connectivity index (χ2n) is 4.93. The van der Waals surface area contributed by atoms with Crippen LogP contribution in [0.4, 0.5) is 0 Å². The molecule has 5 nitrogen and oxygen atoms in total. The molecule has 17 heavy (non-hydrogen) atoms. The van der Waals surface area contributed by atoms with Gasteiger partial charge in [0.15, 0.2) is 5.69 Å². The van der Waals surface area contributed by atoms with E-state index in [-0.39, 0.29) is 5.91 Å². The van der Waals surface area contributed by atoms with Crippen molar-refractivity contribution in [1.82, 2.24) is 15.0 Å². The molecule has 0 aromatic carbocycles. The van der Waals surface area contributed by atoms with Crippen LogP contribution < -0.4 is 0 Å². The van der Waals surface area contributed by atoms with Gasteiger partial charge in [0.05, 0.1) is 0 Å². The highest BCUT2D eigenvalue weighted by Gasteiger charge is 2.36. The lowest BCUT2D eigenvalue weighted by Gasteiger charge is -2.43. The molecular formula is C12H17N3O2. The summed E-state index contributed by atoms with van der Waals surface area (Å²) >= 11 is 0. The predicted octanol–water partition coefficient (Wildman–Crippen LogP) is 0.903. The highest BCUT2D eigenvalue weighted by molar-refractivity contribution is 5.92. The maximum atomic E-state index is 12.0. The molecule has 3 heterocycles. The molecule has 1 aromatic rings. The van der Waals surface area contributed by atoms with Crippen LogP contribution >= 0.6 is 0 Å². The molecule has 0 bridgehead atoms. The van der Waals surface area contributed by atoms with E-state index in [0.29, 0.717) is 17.5 Å². The van der Waals surface area contributed by atoms with Crippen LogP contribution in [0.2, 0.25) is 0 Å². The maximum absolute atomic E-state index is 12.0. The summed E-state index contributed by atoms with van der Waals surface area (Å²) in [4.78, 5) is 16.3. The summed E-state index contributed by atoms with van der Waals surface area (Å²) in [5, 5.41) is 3.76. The van der Waals surface area contributed by atoms with Gasteiger partial charge in [-0.25, -0.2) is 0 Å². The molecule has 1 amide bonds. The van der Waals surface area contributed by atoms with Gasteiger partial charge >= 0.3 is 0 Å². The number of amides is 1. The zero-order chi connectivity index (χ0) is 11.8. The number of aromatic nitrogens is 1. The second kappa shape index (κ2) is 4.14. The first-order valence-corrected chi connectivity index (χ1v) is 6.20. The van der Waals surface area contributed by atoms with Gasteiger partial charge in [0.1, 0.15) is 5.76 Å². The molecule has 0 atom stereocenters. The quantitative estimate of drug-likeness (QED) is 0.764. The van der Waals surface area contributed by atoms with Crippen molar-refractivity contribution in [2.75, 3.05) is 26.2 Å². The Morgan fingerprint density at radius 3 is 2.71 bits per heavy atom. The van der Waals surface area contributed by atoms with Crippen LogP contribution in [0.5, 0.6) is 0 Å². The van der Waals surface area contributed by atoms with Crippen molar-refractivity contribution in [3.05, 3.63) is 17.5 Å². The summed E-state index contributed by atoms with van der Waals surface area (Å²) in [6, 6.07) is 2.26. The van der Waals surface area contributed by atoms with E-state index in [2.05, 4.69) is 10.1 Å². The van der Waals surface area contributed by atoms with Gasteiger partial charge in [-0.15, -0.1) is 0 Å². The van der Waals surface area contributed by atoms with Crippen LogP contribution in [0.3, 0.4) is 0 Å². The fraction of sp³-hybridized carbons (Fsp3) is 0.667. The highest BCUT2D eigenvalue weighted by atomic mass is 16.5. The van der Waals surface area contributed by atoms with E-state index in [1.807, 2.05) is 4.90 Å². The summed E-state index contributed by atoms with van der Waals surface area (Å²) in [6.45, 7) is 5.86. The number of rotatable bonds is 2. The number of carbonyl (C=O) groups is 1. The third kappa shape index (κ3) is 1.95. The summed E-state index contributed by atoms with van der Waals surface area (Å²) in [5.74, 6) is 0.683. The molecule has 0 radical (unpaired) electrons. The third-order valence-corrected chi connectivity index (χ3v) is 3.65. The van der Waals surface area contributed by atoms with Crippen molar-refractivity contribution in [3.8, 4) is 0 Å². The van der Waals surface area contributed by atoms with Gasteiger partial charge in [0, 0.05) is 25.2 Å². The van der Waals surface area contributed by atoms with Crippen LogP contribution in [0.15, 0.2) is 10.6 Å². The minimum Gasteiger partial charge on any atom is -0.361 e. The van der Waals surface area contributed by atoms with Gasteiger partial charge in [0.2, 0.25) is 0 Å². The number of carbonyl (C=O) groups excluding carboxylic acids is 1. The minimum absolute atomic E-state index is 0.00250. The lowest BCUT2D eigenvalue weighted by atomic mass is 10.1. The third-order valence-electron chi connectivity index (χ3n) is 3.65. The molecule has 5 heteroatoms. The Balaban J connectivity index is 1.56. The standard InChI is InChI=1S/C12H17N3O2/c1-9-6-11(13-17-9)12(16)15-7-10(8-15)14-4-2-3-5-14/h6,10H,2-5,7-8H2,1H3. The Labute approximate surface area is 100 Å². The molecule has 0 aliphatic carbocycles. The summed E-state index contributed by atoms with van der Waals surface area (Å²) < 4.78 is 4.92. The minimum atomic E-state index is -0.00250. The van der Waals surface area contributed by atoms with Crippen LogP contribution in [0.25, 0.3) is 0 Å². The van der Waals surface area contributed by atoms with Crippen LogP contribution in [-0.4, -0.2) is 53.1 Å². The smallest absolute Gasteiger partial charge is 0.276 e. The summed E-state index contributed by atoms with van der Waals surface area (Å²) in [6.07, 6.45) is 2.60. The first-order chi connectivity index (χ1) is 8.24. The maximum Gasteiger partial charge on any atom is 0.276 e. The van der Waals surface area contributed by atoms with Gasteiger partial charge in [-0.3, -0.25) is 9.69 Å². The van der Waals surface area contributed by atoms with Crippen LogP contribution in [0, 0.1) is 6.92 Å². The average Bonchev–Trinajstić information content (AvgIpc) is 2.86. The zero-order valence-corrected chi connectivity index (χ0v) is 10.1. The zero-order valence-electron chi connectivity index (χ0n) is 10.1. The van der Waals surface area contributed by atoms with Crippen molar-refractivity contribution >= 4 is 5.91 Å². The van der Waals surface area contributed by atoms with E-state index in [4.69, 9.17) is 4.52 Å². The first kappa shape index (κ1) is 10.8. The van der Waals surface area contributed by atoms with Gasteiger partial charge in [0.25, 0.3) is 5.91 Å². The van der Waals surface area contributed by atoms with Crippen LogP contribution in [-0.2, 0) is 0 Å². The van der Waals surface area contributed by atoms with E-state index in [0.717, 1.165) is 13.1 Å². The Morgan fingerprint density at radius 2 is 2.12 bits per heavy atom. The van der Waals surface area contributed by atoms with Gasteiger partial charge in [-0.1, -0.05) is 5.16 Å². The van der Waals surface area contributed by atoms with Crippen LogP contribution in [0.1, 0.15) is 29.1 Å². The Bertz CT molecular complexity index is 417. The molecule has 1 aromatic heterocycles. The fourth-order valence-electron chi connectivity index (χ4n) is 2.59. The lowest BCUT2D eigenvalue weighted by Crippen LogP contribution is -2.60. The molecule has 2 aliphatic rings. The molecule has 92 valence electrons. The van der Waals surface area contributed by atoms with Gasteiger partial charge < -0.3 is 9.42 Å². The fourth-order valence-corrected chi connectivity index (χ4v) is 2.59. The summed E-state index contributed by atoms with van der Waals surface area (Å²) in [5.41, 5.74) is 0.433. The van der Waals surface area contributed by atoms with Gasteiger partial charge in [-0.2, -0.15) is 0 Å². The van der Waals surface area contributed by atoms with Crippen molar-refractivity contribution < 1.29 is 9.32 Å². The topological polar surface area (TPSA) is 49.6 Å². The van der Waals surface area contributed by atoms with E-state index in [1.165, 1.54) is 25.9 Å². The molecule has 2 saturated heterocycles. The van der Waals surface area contributed by atoms with Gasteiger partial charge in [-0.05, 0) is 32.9 Å². The van der Waals surface area contributed by atoms with E-state index in [1.54, 1.807) is 13.0 Å². The number of likely N-dealkylation sites (tertiary alicyclic amines) is 2. The van der Waals surface area contributed by atoms with E-state index < -0.39 is 0 Å². The Kier molecular flexibility index (Phi) is 2.63. The molecule has 3 rings (SSSR count). The monoisotopic (exact) mass is 235 g/mol. The Morgan fingerprint density at radius 1 is 1.41 bits per heavy atom. The second-order valence-corrected chi connectivity index (χ2v) is 4.93. The van der Waals surface area contributed by atoms with Crippen molar-refractivity contribution in [3.63, 3.8) is 0 Å². The number of nitrogens with zero attached hydrogens (tertiary/aromatic N) is 3. The molecule has 0 unspecified atom stereocenters. The molecule has 0 spiro atoms. The molecule has 2 fully saturated rings. The number of hydrogen-bond acceptors (Lipinski definition) is 4. The molecule has 0 saturated carbocycles. The Hall–Kier alpha value is -1.36. The molecule has 2 aliphatic heterocycles.